The van der Waals surface area contributed by atoms with Gasteiger partial charge in [-0.1, -0.05) is 6.07 Å². The van der Waals surface area contributed by atoms with Crippen LogP contribution < -0.4 is 0 Å². The van der Waals surface area contributed by atoms with Gasteiger partial charge in [-0.3, -0.25) is 4.98 Å². The van der Waals surface area contributed by atoms with Crippen molar-refractivity contribution in [1.29, 1.82) is 5.26 Å². The first kappa shape index (κ1) is 12.9. The van der Waals surface area contributed by atoms with Crippen LogP contribution in [-0.4, -0.2) is 15.1 Å². The zero-order valence-electron chi connectivity index (χ0n) is 11.2. The average Bonchev–Trinajstić information content (AvgIpc) is 2.91. The molecule has 2 aromatic heterocycles. The highest BCUT2D eigenvalue weighted by Crippen LogP contribution is 2.30. The van der Waals surface area contributed by atoms with E-state index in [4.69, 9.17) is 5.26 Å². The van der Waals surface area contributed by atoms with E-state index in [2.05, 4.69) is 16.0 Å². The second-order valence-corrected chi connectivity index (χ2v) is 4.72. The third-order valence-corrected chi connectivity index (χ3v) is 3.31. The number of phenols is 1. The maximum absolute atomic E-state index is 9.67. The molecule has 0 spiro atoms. The first-order chi connectivity index (χ1) is 10.3. The molecule has 0 fully saturated rings. The second kappa shape index (κ2) is 5.51. The second-order valence-electron chi connectivity index (χ2n) is 4.72. The Labute approximate surface area is 122 Å². The minimum atomic E-state index is 0.209. The number of aromatic amines is 1. The van der Waals surface area contributed by atoms with Gasteiger partial charge in [-0.15, -0.1) is 0 Å². The predicted molar refractivity (Wildman–Crippen MR) is 82.3 cm³/mol. The lowest BCUT2D eigenvalue weighted by atomic mass is 10.00. The quantitative estimate of drug-likeness (QED) is 0.765. The number of hydrogen-bond donors (Lipinski definition) is 2. The molecule has 1 aromatic carbocycles. The van der Waals surface area contributed by atoms with Crippen LogP contribution in [0.25, 0.3) is 22.6 Å². The number of pyridine rings is 1. The largest absolute Gasteiger partial charge is 0.508 e. The van der Waals surface area contributed by atoms with Crippen molar-refractivity contribution in [1.82, 2.24) is 9.97 Å². The summed E-state index contributed by atoms with van der Waals surface area (Å²) in [7, 11) is 0. The van der Waals surface area contributed by atoms with E-state index in [0.29, 0.717) is 0 Å². The molecule has 4 nitrogen and oxygen atoms in total. The van der Waals surface area contributed by atoms with Gasteiger partial charge in [0.2, 0.25) is 0 Å². The zero-order chi connectivity index (χ0) is 14.7. The Morgan fingerprint density at radius 1 is 1.38 bits per heavy atom. The zero-order valence-corrected chi connectivity index (χ0v) is 11.2. The van der Waals surface area contributed by atoms with Gasteiger partial charge in [0.25, 0.3) is 0 Å². The van der Waals surface area contributed by atoms with Crippen LogP contribution in [0.1, 0.15) is 17.5 Å². The third kappa shape index (κ3) is 2.63. The van der Waals surface area contributed by atoms with Crippen molar-refractivity contribution < 1.29 is 5.11 Å². The molecule has 102 valence electrons. The summed E-state index contributed by atoms with van der Waals surface area (Å²) in [5.41, 5.74) is 3.68. The van der Waals surface area contributed by atoms with Gasteiger partial charge in [-0.05, 0) is 41.5 Å². The minimum absolute atomic E-state index is 0.209. The number of rotatable bonds is 3. The monoisotopic (exact) mass is 275 g/mol. The summed E-state index contributed by atoms with van der Waals surface area (Å²) in [5.74, 6) is 0.209. The summed E-state index contributed by atoms with van der Waals surface area (Å²) in [6.45, 7) is 0. The van der Waals surface area contributed by atoms with Crippen molar-refractivity contribution in [2.75, 3.05) is 0 Å². The van der Waals surface area contributed by atoms with Crippen LogP contribution in [0.5, 0.6) is 5.75 Å². The number of nitriles is 1. The summed E-state index contributed by atoms with van der Waals surface area (Å²) >= 11 is 0. The number of allylic oxidation sites excluding steroid dienone is 1. The lowest BCUT2D eigenvalue weighted by Crippen LogP contribution is -1.83. The molecule has 0 atom stereocenters. The van der Waals surface area contributed by atoms with Gasteiger partial charge in [0.15, 0.2) is 0 Å². The standard InChI is InChI=1S/C17H13N3O/c18-6-5-13(8-12-2-1-7-19-10-12)16-11-20-17-4-3-14(21)9-15(16)17/h1-4,7-11,20-21H,5H2/b13-8+. The number of benzene rings is 1. The summed E-state index contributed by atoms with van der Waals surface area (Å²) in [5, 5.41) is 19.6. The lowest BCUT2D eigenvalue weighted by Gasteiger charge is -2.03. The van der Waals surface area contributed by atoms with E-state index in [0.717, 1.165) is 27.6 Å². The fourth-order valence-corrected chi connectivity index (χ4v) is 2.35. The molecular formula is C17H13N3O. The van der Waals surface area contributed by atoms with E-state index >= 15 is 0 Å². The number of fused-ring (bicyclic) bond motifs is 1. The first-order valence-electron chi connectivity index (χ1n) is 6.56. The Hall–Kier alpha value is -3.06. The van der Waals surface area contributed by atoms with Crippen molar-refractivity contribution >= 4 is 22.6 Å². The Morgan fingerprint density at radius 3 is 3.05 bits per heavy atom. The molecule has 0 aliphatic rings. The predicted octanol–water partition coefficient (Wildman–Crippen LogP) is 3.72. The highest BCUT2D eigenvalue weighted by Gasteiger charge is 2.09. The molecule has 0 bridgehead atoms. The number of nitrogens with zero attached hydrogens (tertiary/aromatic N) is 2. The smallest absolute Gasteiger partial charge is 0.116 e. The van der Waals surface area contributed by atoms with Crippen LogP contribution in [0.15, 0.2) is 48.9 Å². The Morgan fingerprint density at radius 2 is 2.29 bits per heavy atom. The van der Waals surface area contributed by atoms with E-state index in [9.17, 15) is 5.11 Å². The average molecular weight is 275 g/mol. The lowest BCUT2D eigenvalue weighted by molar-refractivity contribution is 0.476. The molecule has 3 rings (SSSR count). The van der Waals surface area contributed by atoms with Crippen molar-refractivity contribution in [3.05, 3.63) is 60.0 Å². The number of H-pyrrole nitrogens is 1. The molecule has 0 unspecified atom stereocenters. The topological polar surface area (TPSA) is 72.7 Å². The molecule has 0 saturated heterocycles. The number of aromatic hydroxyl groups is 1. The van der Waals surface area contributed by atoms with Gasteiger partial charge in [0.05, 0.1) is 12.5 Å². The fourth-order valence-electron chi connectivity index (χ4n) is 2.35. The molecule has 0 amide bonds. The molecule has 0 saturated carbocycles. The van der Waals surface area contributed by atoms with Gasteiger partial charge >= 0.3 is 0 Å². The summed E-state index contributed by atoms with van der Waals surface area (Å²) in [6.07, 6.45) is 7.57. The van der Waals surface area contributed by atoms with Gasteiger partial charge in [0, 0.05) is 35.1 Å². The molecule has 0 radical (unpaired) electrons. The van der Waals surface area contributed by atoms with Crippen LogP contribution in [0.4, 0.5) is 0 Å². The molecular weight excluding hydrogens is 262 g/mol. The molecule has 0 aliphatic heterocycles. The van der Waals surface area contributed by atoms with E-state index < -0.39 is 0 Å². The van der Waals surface area contributed by atoms with Gasteiger partial charge < -0.3 is 10.1 Å². The van der Waals surface area contributed by atoms with Crippen molar-refractivity contribution in [3.8, 4) is 11.8 Å². The summed E-state index contributed by atoms with van der Waals surface area (Å²) in [6, 6.07) is 11.2. The number of aromatic nitrogens is 2. The summed E-state index contributed by atoms with van der Waals surface area (Å²) in [4.78, 5) is 7.24. The molecule has 2 heterocycles. The van der Waals surface area contributed by atoms with E-state index in [1.54, 1.807) is 24.5 Å². The van der Waals surface area contributed by atoms with Crippen molar-refractivity contribution in [2.24, 2.45) is 0 Å². The molecule has 0 aliphatic carbocycles. The van der Waals surface area contributed by atoms with Gasteiger partial charge in [-0.2, -0.15) is 5.26 Å². The fraction of sp³-hybridized carbons (Fsp3) is 0.0588. The maximum Gasteiger partial charge on any atom is 0.116 e. The number of phenolic OH excluding ortho intramolecular Hbond substituents is 1. The molecule has 2 N–H and O–H groups in total. The molecule has 4 heteroatoms. The van der Waals surface area contributed by atoms with E-state index in [1.807, 2.05) is 30.5 Å². The van der Waals surface area contributed by atoms with Crippen LogP contribution >= 0.6 is 0 Å². The van der Waals surface area contributed by atoms with Crippen molar-refractivity contribution in [3.63, 3.8) is 0 Å². The summed E-state index contributed by atoms with van der Waals surface area (Å²) < 4.78 is 0. The Bertz CT molecular complexity index is 841. The van der Waals surface area contributed by atoms with Gasteiger partial charge in [0.1, 0.15) is 5.75 Å². The number of nitrogens with one attached hydrogen (secondary N) is 1. The van der Waals surface area contributed by atoms with E-state index in [-0.39, 0.29) is 12.2 Å². The molecule has 21 heavy (non-hydrogen) atoms. The highest BCUT2D eigenvalue weighted by molar-refractivity contribution is 5.97. The minimum Gasteiger partial charge on any atom is -0.508 e. The number of hydrogen-bond acceptors (Lipinski definition) is 3. The van der Waals surface area contributed by atoms with Crippen LogP contribution in [-0.2, 0) is 0 Å². The Balaban J connectivity index is 2.14. The highest BCUT2D eigenvalue weighted by atomic mass is 16.3. The molecule has 3 aromatic rings. The SMILES string of the molecule is N#CC/C(=C\c1cccnc1)c1c[nH]c2ccc(O)cc12. The van der Waals surface area contributed by atoms with E-state index in [1.165, 1.54) is 0 Å². The van der Waals surface area contributed by atoms with Crippen LogP contribution in [0.2, 0.25) is 0 Å². The maximum atomic E-state index is 9.67. The van der Waals surface area contributed by atoms with Crippen molar-refractivity contribution in [2.45, 2.75) is 6.42 Å². The van der Waals surface area contributed by atoms with Crippen LogP contribution in [0, 0.1) is 11.3 Å². The Kier molecular flexibility index (Phi) is 3.40. The first-order valence-corrected chi connectivity index (χ1v) is 6.56. The third-order valence-electron chi connectivity index (χ3n) is 3.31. The normalized spacial score (nSPS) is 11.5. The van der Waals surface area contributed by atoms with Crippen LogP contribution in [0.3, 0.4) is 0 Å². The van der Waals surface area contributed by atoms with Gasteiger partial charge in [-0.25, -0.2) is 0 Å².